The second kappa shape index (κ2) is 6.67. The summed E-state index contributed by atoms with van der Waals surface area (Å²) in [7, 11) is 0. The third-order valence-corrected chi connectivity index (χ3v) is 5.12. The van der Waals surface area contributed by atoms with Crippen molar-refractivity contribution in [1.29, 1.82) is 0 Å². The molecule has 2 rings (SSSR count). The minimum Gasteiger partial charge on any atom is -0.341 e. The molecule has 124 valence electrons. The van der Waals surface area contributed by atoms with Crippen molar-refractivity contribution in [3.8, 4) is 0 Å². The smallest absolute Gasteiger partial charge is 0.325 e. The van der Waals surface area contributed by atoms with E-state index in [1.165, 1.54) is 0 Å². The number of nitrogens with zero attached hydrogens (tertiary/aromatic N) is 2. The van der Waals surface area contributed by atoms with Gasteiger partial charge in [0.25, 0.3) is 5.91 Å². The van der Waals surface area contributed by atoms with Crippen molar-refractivity contribution < 1.29 is 14.4 Å². The summed E-state index contributed by atoms with van der Waals surface area (Å²) >= 11 is 0. The highest BCUT2D eigenvalue weighted by atomic mass is 16.2. The van der Waals surface area contributed by atoms with Crippen LogP contribution in [0.4, 0.5) is 4.79 Å². The van der Waals surface area contributed by atoms with E-state index in [-0.39, 0.29) is 18.4 Å². The van der Waals surface area contributed by atoms with Crippen molar-refractivity contribution in [3.63, 3.8) is 0 Å². The van der Waals surface area contributed by atoms with Gasteiger partial charge in [-0.15, -0.1) is 0 Å². The Balaban J connectivity index is 2.02. The van der Waals surface area contributed by atoms with Crippen LogP contribution in [0.25, 0.3) is 0 Å². The van der Waals surface area contributed by atoms with Gasteiger partial charge in [0.2, 0.25) is 5.91 Å². The molecule has 2 aliphatic heterocycles. The van der Waals surface area contributed by atoms with Crippen LogP contribution in [0.3, 0.4) is 0 Å². The predicted octanol–water partition coefficient (Wildman–Crippen LogP) is 1.75. The van der Waals surface area contributed by atoms with Gasteiger partial charge in [-0.05, 0) is 38.0 Å². The van der Waals surface area contributed by atoms with E-state index >= 15 is 0 Å². The van der Waals surface area contributed by atoms with Crippen molar-refractivity contribution in [1.82, 2.24) is 15.1 Å². The van der Waals surface area contributed by atoms with Crippen LogP contribution in [0.5, 0.6) is 0 Å². The Labute approximate surface area is 132 Å². The Bertz CT molecular complexity index is 460. The number of urea groups is 1. The average molecular weight is 309 g/mol. The summed E-state index contributed by atoms with van der Waals surface area (Å²) in [6.07, 6.45) is 4.18. The summed E-state index contributed by atoms with van der Waals surface area (Å²) in [4.78, 5) is 39.9. The average Bonchev–Trinajstić information content (AvgIpc) is 2.66. The second-order valence-corrected chi connectivity index (χ2v) is 6.53. The van der Waals surface area contributed by atoms with Crippen molar-refractivity contribution >= 4 is 17.8 Å². The summed E-state index contributed by atoms with van der Waals surface area (Å²) in [5, 5.41) is 2.76. The van der Waals surface area contributed by atoms with Crippen LogP contribution in [-0.2, 0) is 9.59 Å². The van der Waals surface area contributed by atoms with Gasteiger partial charge in [0.15, 0.2) is 0 Å². The molecule has 0 saturated carbocycles. The summed E-state index contributed by atoms with van der Waals surface area (Å²) in [6, 6.07) is -0.440. The Morgan fingerprint density at radius 2 is 1.91 bits per heavy atom. The van der Waals surface area contributed by atoms with E-state index in [1.54, 1.807) is 4.90 Å². The molecule has 0 aromatic carbocycles. The molecule has 4 amide bonds. The van der Waals surface area contributed by atoms with E-state index in [9.17, 15) is 14.4 Å². The van der Waals surface area contributed by atoms with Crippen LogP contribution < -0.4 is 5.32 Å². The normalized spacial score (nSPS) is 25.1. The van der Waals surface area contributed by atoms with Crippen LogP contribution in [0.15, 0.2) is 0 Å². The molecule has 1 N–H and O–H groups in total. The molecule has 0 aromatic rings. The molecule has 2 fully saturated rings. The fourth-order valence-corrected chi connectivity index (χ4v) is 3.30. The Morgan fingerprint density at radius 1 is 1.23 bits per heavy atom. The van der Waals surface area contributed by atoms with Crippen molar-refractivity contribution in [3.05, 3.63) is 0 Å². The topological polar surface area (TPSA) is 69.7 Å². The minimum atomic E-state index is -0.829. The molecule has 22 heavy (non-hydrogen) atoms. The molecule has 2 saturated heterocycles. The van der Waals surface area contributed by atoms with Gasteiger partial charge >= 0.3 is 6.03 Å². The lowest BCUT2D eigenvalue weighted by Crippen LogP contribution is -2.47. The highest BCUT2D eigenvalue weighted by molar-refractivity contribution is 6.08. The molecule has 2 aliphatic rings. The van der Waals surface area contributed by atoms with E-state index in [2.05, 4.69) is 12.2 Å². The number of carbonyl (C=O) groups is 3. The van der Waals surface area contributed by atoms with E-state index in [1.807, 2.05) is 13.8 Å². The fourth-order valence-electron chi connectivity index (χ4n) is 3.30. The molecule has 0 aliphatic carbocycles. The van der Waals surface area contributed by atoms with Gasteiger partial charge in [0, 0.05) is 13.1 Å². The zero-order valence-corrected chi connectivity index (χ0v) is 13.9. The zero-order valence-electron chi connectivity index (χ0n) is 13.9. The summed E-state index contributed by atoms with van der Waals surface area (Å²) in [5.41, 5.74) is -0.829. The van der Waals surface area contributed by atoms with E-state index in [0.717, 1.165) is 37.3 Å². The largest absolute Gasteiger partial charge is 0.341 e. The standard InChI is InChI=1S/C16H27N3O3/c1-4-16(5-2)14(21)19(15(22)17-16)11-13(20)18-9-6-7-12(3)8-10-18/h12H,4-11H2,1-3H3,(H,17,22). The van der Waals surface area contributed by atoms with E-state index < -0.39 is 11.6 Å². The van der Waals surface area contributed by atoms with Gasteiger partial charge < -0.3 is 10.2 Å². The summed E-state index contributed by atoms with van der Waals surface area (Å²) in [5.74, 6) is 0.238. The number of carbonyl (C=O) groups excluding carboxylic acids is 3. The summed E-state index contributed by atoms with van der Waals surface area (Å²) < 4.78 is 0. The number of likely N-dealkylation sites (tertiary alicyclic amines) is 1. The van der Waals surface area contributed by atoms with Gasteiger partial charge in [-0.2, -0.15) is 0 Å². The summed E-state index contributed by atoms with van der Waals surface area (Å²) in [6.45, 7) is 7.26. The molecule has 0 aromatic heterocycles. The van der Waals surface area contributed by atoms with Crippen molar-refractivity contribution in [2.24, 2.45) is 5.92 Å². The molecule has 2 heterocycles. The Morgan fingerprint density at radius 3 is 2.50 bits per heavy atom. The van der Waals surface area contributed by atoms with Gasteiger partial charge in [-0.1, -0.05) is 20.8 Å². The van der Waals surface area contributed by atoms with Gasteiger partial charge in [0.1, 0.15) is 12.1 Å². The first-order chi connectivity index (χ1) is 10.4. The van der Waals surface area contributed by atoms with Crippen LogP contribution in [0.2, 0.25) is 0 Å². The number of hydrogen-bond donors (Lipinski definition) is 1. The lowest BCUT2D eigenvalue weighted by Gasteiger charge is -2.25. The zero-order chi connectivity index (χ0) is 16.3. The van der Waals surface area contributed by atoms with Crippen LogP contribution in [0.1, 0.15) is 52.9 Å². The first kappa shape index (κ1) is 16.8. The Kier molecular flexibility index (Phi) is 5.08. The Hall–Kier alpha value is -1.59. The molecule has 1 atom stereocenters. The van der Waals surface area contributed by atoms with Gasteiger partial charge in [0.05, 0.1) is 0 Å². The maximum absolute atomic E-state index is 12.5. The number of imide groups is 1. The van der Waals surface area contributed by atoms with Crippen LogP contribution >= 0.6 is 0 Å². The lowest BCUT2D eigenvalue weighted by molar-refractivity contribution is -0.139. The van der Waals surface area contributed by atoms with Crippen LogP contribution in [0, 0.1) is 5.92 Å². The van der Waals surface area contributed by atoms with E-state index in [0.29, 0.717) is 18.8 Å². The predicted molar refractivity (Wildman–Crippen MR) is 83.2 cm³/mol. The van der Waals surface area contributed by atoms with Gasteiger partial charge in [-0.3, -0.25) is 14.5 Å². The fraction of sp³-hybridized carbons (Fsp3) is 0.812. The third-order valence-electron chi connectivity index (χ3n) is 5.12. The number of rotatable bonds is 4. The van der Waals surface area contributed by atoms with Crippen LogP contribution in [-0.4, -0.2) is 52.8 Å². The van der Waals surface area contributed by atoms with Crippen molar-refractivity contribution in [2.45, 2.75) is 58.4 Å². The molecule has 6 heteroatoms. The van der Waals surface area contributed by atoms with Crippen molar-refractivity contribution in [2.75, 3.05) is 19.6 Å². The minimum absolute atomic E-state index is 0.124. The first-order valence-electron chi connectivity index (χ1n) is 8.35. The highest BCUT2D eigenvalue weighted by Gasteiger charge is 2.49. The number of hydrogen-bond acceptors (Lipinski definition) is 3. The molecule has 0 bridgehead atoms. The molecular formula is C16H27N3O3. The molecule has 6 nitrogen and oxygen atoms in total. The van der Waals surface area contributed by atoms with Gasteiger partial charge in [-0.25, -0.2) is 4.79 Å². The molecular weight excluding hydrogens is 282 g/mol. The second-order valence-electron chi connectivity index (χ2n) is 6.53. The monoisotopic (exact) mass is 309 g/mol. The number of amides is 4. The molecule has 0 spiro atoms. The maximum Gasteiger partial charge on any atom is 0.325 e. The molecule has 1 unspecified atom stereocenters. The first-order valence-corrected chi connectivity index (χ1v) is 8.35. The SMILES string of the molecule is CCC1(CC)NC(=O)N(CC(=O)N2CCCC(C)CC2)C1=O. The number of nitrogens with one attached hydrogen (secondary N) is 1. The third kappa shape index (κ3) is 3.10. The van der Waals surface area contributed by atoms with E-state index in [4.69, 9.17) is 0 Å². The maximum atomic E-state index is 12.5. The highest BCUT2D eigenvalue weighted by Crippen LogP contribution is 2.25. The lowest BCUT2D eigenvalue weighted by atomic mass is 9.93. The quantitative estimate of drug-likeness (QED) is 0.804. The molecule has 0 radical (unpaired) electrons.